The Kier molecular flexibility index (Phi) is 6.48. The molecule has 1 amide bonds. The lowest BCUT2D eigenvalue weighted by molar-refractivity contribution is 0.102. The Labute approximate surface area is 176 Å². The van der Waals surface area contributed by atoms with Crippen LogP contribution in [0.4, 0.5) is 11.4 Å². The number of likely N-dealkylation sites (N-methyl/N-ethyl adjacent to an activating group) is 1. The van der Waals surface area contributed by atoms with Crippen LogP contribution in [-0.4, -0.2) is 70.9 Å². The summed E-state index contributed by atoms with van der Waals surface area (Å²) in [6, 6.07) is 11.3. The number of halogens is 1. The van der Waals surface area contributed by atoms with Crippen LogP contribution in [0.1, 0.15) is 10.4 Å². The van der Waals surface area contributed by atoms with E-state index in [-0.39, 0.29) is 10.5 Å². The van der Waals surface area contributed by atoms with Crippen LogP contribution in [-0.2, 0) is 10.0 Å². The molecule has 0 aromatic heterocycles. The first kappa shape index (κ1) is 21.6. The maximum atomic E-state index is 13.0. The Hall–Kier alpha value is -2.13. The second-order valence-corrected chi connectivity index (χ2v) is 9.62. The lowest BCUT2D eigenvalue weighted by atomic mass is 10.2. The van der Waals surface area contributed by atoms with Crippen molar-refractivity contribution in [2.75, 3.05) is 57.5 Å². The van der Waals surface area contributed by atoms with Crippen molar-refractivity contribution in [1.82, 2.24) is 9.21 Å². The van der Waals surface area contributed by atoms with Crippen molar-refractivity contribution in [3.05, 3.63) is 53.1 Å². The fourth-order valence-electron chi connectivity index (χ4n) is 3.17. The third-order valence-electron chi connectivity index (χ3n) is 4.88. The third-order valence-corrected chi connectivity index (χ3v) is 7.01. The van der Waals surface area contributed by atoms with E-state index in [4.69, 9.17) is 11.6 Å². The molecule has 1 N–H and O–H groups in total. The second-order valence-electron chi connectivity index (χ2n) is 7.25. The molecular weight excluding hydrogens is 412 g/mol. The van der Waals surface area contributed by atoms with E-state index >= 15 is 0 Å². The van der Waals surface area contributed by atoms with Gasteiger partial charge >= 0.3 is 0 Å². The monoisotopic (exact) mass is 436 g/mol. The average molecular weight is 437 g/mol. The van der Waals surface area contributed by atoms with Gasteiger partial charge in [0.2, 0.25) is 10.0 Å². The van der Waals surface area contributed by atoms with Crippen LogP contribution in [0.3, 0.4) is 0 Å². The minimum Gasteiger partial charge on any atom is -0.376 e. The highest BCUT2D eigenvalue weighted by atomic mass is 35.5. The summed E-state index contributed by atoms with van der Waals surface area (Å²) in [5.41, 5.74) is 1.62. The molecule has 0 radical (unpaired) electrons. The summed E-state index contributed by atoms with van der Waals surface area (Å²) >= 11 is 6.07. The van der Waals surface area contributed by atoms with Gasteiger partial charge in [-0.3, -0.25) is 4.79 Å². The number of anilines is 2. The molecule has 1 saturated heterocycles. The standard InChI is InChI=1S/C20H25ClN4O3S/c1-23(2)19-8-7-16(21)14-18(19)22-20(26)15-5-4-6-17(13-15)29(27,28)25-11-9-24(3)10-12-25/h4-8,13-14H,9-12H2,1-3H3,(H,22,26). The van der Waals surface area contributed by atoms with Crippen LogP contribution in [0.25, 0.3) is 0 Å². The number of nitrogens with one attached hydrogen (secondary N) is 1. The molecule has 0 saturated carbocycles. The Morgan fingerprint density at radius 1 is 1.07 bits per heavy atom. The first-order valence-electron chi connectivity index (χ1n) is 9.25. The number of hydrogen-bond acceptors (Lipinski definition) is 5. The van der Waals surface area contributed by atoms with Gasteiger partial charge in [0.15, 0.2) is 0 Å². The van der Waals surface area contributed by atoms with Crippen molar-refractivity contribution in [1.29, 1.82) is 0 Å². The van der Waals surface area contributed by atoms with Crippen molar-refractivity contribution in [3.8, 4) is 0 Å². The van der Waals surface area contributed by atoms with Gasteiger partial charge in [-0.05, 0) is 43.4 Å². The molecule has 29 heavy (non-hydrogen) atoms. The Bertz CT molecular complexity index is 1000. The van der Waals surface area contributed by atoms with Gasteiger partial charge in [-0.2, -0.15) is 4.31 Å². The number of carbonyl (C=O) groups excluding carboxylic acids is 1. The van der Waals surface area contributed by atoms with Crippen molar-refractivity contribution in [2.24, 2.45) is 0 Å². The number of hydrogen-bond donors (Lipinski definition) is 1. The van der Waals surface area contributed by atoms with Gasteiger partial charge in [-0.15, -0.1) is 0 Å². The van der Waals surface area contributed by atoms with E-state index in [1.165, 1.54) is 16.4 Å². The molecule has 0 unspecified atom stereocenters. The molecule has 156 valence electrons. The average Bonchev–Trinajstić information content (AvgIpc) is 2.68. The van der Waals surface area contributed by atoms with Crippen LogP contribution < -0.4 is 10.2 Å². The summed E-state index contributed by atoms with van der Waals surface area (Å²) in [5, 5.41) is 3.33. The number of rotatable bonds is 5. The van der Waals surface area contributed by atoms with Gasteiger partial charge < -0.3 is 15.1 Å². The quantitative estimate of drug-likeness (QED) is 0.779. The minimum atomic E-state index is -3.65. The molecule has 0 spiro atoms. The van der Waals surface area contributed by atoms with E-state index in [1.807, 2.05) is 32.1 Å². The van der Waals surface area contributed by atoms with Gasteiger partial charge in [0.1, 0.15) is 0 Å². The molecule has 2 aromatic carbocycles. The van der Waals surface area contributed by atoms with E-state index in [0.29, 0.717) is 36.9 Å². The van der Waals surface area contributed by atoms with E-state index in [9.17, 15) is 13.2 Å². The van der Waals surface area contributed by atoms with Gasteiger partial charge in [-0.25, -0.2) is 8.42 Å². The molecule has 2 aromatic rings. The summed E-state index contributed by atoms with van der Waals surface area (Å²) in [6.07, 6.45) is 0. The topological polar surface area (TPSA) is 73.0 Å². The normalized spacial score (nSPS) is 15.9. The molecule has 0 bridgehead atoms. The van der Waals surface area contributed by atoms with Gasteiger partial charge in [0.05, 0.1) is 16.3 Å². The number of carbonyl (C=O) groups is 1. The zero-order chi connectivity index (χ0) is 21.2. The molecule has 0 atom stereocenters. The predicted octanol–water partition coefficient (Wildman–Crippen LogP) is 2.59. The van der Waals surface area contributed by atoms with Crippen molar-refractivity contribution < 1.29 is 13.2 Å². The van der Waals surface area contributed by atoms with Gasteiger partial charge in [-0.1, -0.05) is 17.7 Å². The number of benzene rings is 2. The van der Waals surface area contributed by atoms with E-state index in [1.54, 1.807) is 24.3 Å². The summed E-state index contributed by atoms with van der Waals surface area (Å²) < 4.78 is 27.4. The predicted molar refractivity (Wildman–Crippen MR) is 116 cm³/mol. The molecule has 1 fully saturated rings. The fourth-order valence-corrected chi connectivity index (χ4v) is 4.81. The van der Waals surface area contributed by atoms with Gasteiger partial charge in [0.25, 0.3) is 5.91 Å². The van der Waals surface area contributed by atoms with Crippen LogP contribution >= 0.6 is 11.6 Å². The SMILES string of the molecule is CN1CCN(S(=O)(=O)c2cccc(C(=O)Nc3cc(Cl)ccc3N(C)C)c2)CC1. The maximum absolute atomic E-state index is 13.0. The van der Waals surface area contributed by atoms with Crippen molar-refractivity contribution in [2.45, 2.75) is 4.90 Å². The second kappa shape index (κ2) is 8.71. The Morgan fingerprint density at radius 3 is 2.41 bits per heavy atom. The first-order valence-corrected chi connectivity index (χ1v) is 11.1. The number of nitrogens with zero attached hydrogens (tertiary/aromatic N) is 3. The number of sulfonamides is 1. The lowest BCUT2D eigenvalue weighted by Crippen LogP contribution is -2.47. The molecule has 1 aliphatic heterocycles. The highest BCUT2D eigenvalue weighted by molar-refractivity contribution is 7.89. The fraction of sp³-hybridized carbons (Fsp3) is 0.350. The minimum absolute atomic E-state index is 0.119. The molecule has 3 rings (SSSR count). The lowest BCUT2D eigenvalue weighted by Gasteiger charge is -2.31. The summed E-state index contributed by atoms with van der Waals surface area (Å²) in [5.74, 6) is -0.397. The van der Waals surface area contributed by atoms with Crippen molar-refractivity contribution >= 4 is 38.9 Å². The Balaban J connectivity index is 1.84. The summed E-state index contributed by atoms with van der Waals surface area (Å²) in [6.45, 7) is 2.23. The third kappa shape index (κ3) is 4.90. The van der Waals surface area contributed by atoms with Crippen LogP contribution in [0.2, 0.25) is 5.02 Å². The smallest absolute Gasteiger partial charge is 0.255 e. The van der Waals surface area contributed by atoms with Crippen molar-refractivity contribution in [3.63, 3.8) is 0 Å². The molecule has 9 heteroatoms. The molecule has 7 nitrogen and oxygen atoms in total. The number of piperazine rings is 1. The van der Waals surface area contributed by atoms with E-state index < -0.39 is 15.9 Å². The maximum Gasteiger partial charge on any atom is 0.255 e. The zero-order valence-corrected chi connectivity index (χ0v) is 18.3. The summed E-state index contributed by atoms with van der Waals surface area (Å²) in [7, 11) is 2.05. The van der Waals surface area contributed by atoms with Gasteiger partial charge in [0, 0.05) is 50.9 Å². The van der Waals surface area contributed by atoms with Crippen LogP contribution in [0.5, 0.6) is 0 Å². The molecule has 1 aliphatic rings. The highest BCUT2D eigenvalue weighted by Crippen LogP contribution is 2.28. The Morgan fingerprint density at radius 2 is 1.76 bits per heavy atom. The van der Waals surface area contributed by atoms with E-state index in [2.05, 4.69) is 10.2 Å². The molecular formula is C20H25ClN4O3S. The molecule has 0 aliphatic carbocycles. The zero-order valence-electron chi connectivity index (χ0n) is 16.7. The molecule has 1 heterocycles. The van der Waals surface area contributed by atoms with Crippen LogP contribution in [0, 0.1) is 0 Å². The van der Waals surface area contributed by atoms with E-state index in [0.717, 1.165) is 5.69 Å². The number of amides is 1. The largest absolute Gasteiger partial charge is 0.376 e. The summed E-state index contributed by atoms with van der Waals surface area (Å²) in [4.78, 5) is 16.9. The van der Waals surface area contributed by atoms with Crippen LogP contribution in [0.15, 0.2) is 47.4 Å². The highest BCUT2D eigenvalue weighted by Gasteiger charge is 2.28. The first-order chi connectivity index (χ1) is 13.7.